The quantitative estimate of drug-likeness (QED) is 0.676. The van der Waals surface area contributed by atoms with Crippen molar-refractivity contribution in [2.24, 2.45) is 5.92 Å². The first-order valence-electron chi connectivity index (χ1n) is 8.62. The number of imidazole rings is 1. The highest BCUT2D eigenvalue weighted by Gasteiger charge is 2.42. The molecule has 0 bridgehead atoms. The highest BCUT2D eigenvalue weighted by molar-refractivity contribution is 7.07. The number of alkyl halides is 3. The van der Waals surface area contributed by atoms with Gasteiger partial charge in [-0.1, -0.05) is 12.1 Å². The number of carbonyl (C=O) groups excluding carboxylic acids is 1. The summed E-state index contributed by atoms with van der Waals surface area (Å²) in [6.45, 7) is 0.0169. The Kier molecular flexibility index (Phi) is 4.63. The second-order valence-electron chi connectivity index (χ2n) is 6.60. The van der Waals surface area contributed by atoms with Crippen molar-refractivity contribution in [1.29, 1.82) is 0 Å². The molecule has 1 aliphatic heterocycles. The van der Waals surface area contributed by atoms with Gasteiger partial charge in [-0.3, -0.25) is 4.79 Å². The summed E-state index contributed by atoms with van der Waals surface area (Å²) >= 11 is 1.42. The molecule has 1 aromatic carbocycles. The molecule has 0 unspecified atom stereocenters. The Balaban J connectivity index is 1.63. The minimum atomic E-state index is -4.27. The minimum absolute atomic E-state index is 0.0576. The Morgan fingerprint density at radius 3 is 2.85 bits per heavy atom. The number of piperidine rings is 1. The molecule has 3 heterocycles. The highest BCUT2D eigenvalue weighted by Crippen LogP contribution is 2.33. The molecule has 4 rings (SSSR count). The number of rotatable bonds is 3. The molecule has 1 amide bonds. The fourth-order valence-corrected chi connectivity index (χ4v) is 3.99. The van der Waals surface area contributed by atoms with Crippen LogP contribution in [-0.4, -0.2) is 44.6 Å². The molecule has 1 fully saturated rings. The molecule has 0 radical (unpaired) electrons. The maximum absolute atomic E-state index is 13.1. The van der Waals surface area contributed by atoms with Gasteiger partial charge in [0.1, 0.15) is 12.2 Å². The van der Waals surface area contributed by atoms with Gasteiger partial charge in [-0.05, 0) is 25.0 Å². The summed E-state index contributed by atoms with van der Waals surface area (Å²) < 4.78 is 40.9. The maximum Gasteiger partial charge on any atom is 0.393 e. The fourth-order valence-electron chi connectivity index (χ4n) is 3.46. The third kappa shape index (κ3) is 3.55. The minimum Gasteiger partial charge on any atom is -0.341 e. The van der Waals surface area contributed by atoms with Gasteiger partial charge in [0, 0.05) is 18.5 Å². The van der Waals surface area contributed by atoms with Gasteiger partial charge in [0.05, 0.1) is 22.5 Å². The average molecular weight is 394 g/mol. The van der Waals surface area contributed by atoms with E-state index >= 15 is 0 Å². The summed E-state index contributed by atoms with van der Waals surface area (Å²) in [6.07, 6.45) is -3.84. The molecule has 0 spiro atoms. The van der Waals surface area contributed by atoms with Crippen molar-refractivity contribution in [1.82, 2.24) is 19.4 Å². The molecule has 0 aliphatic carbocycles. The topological polar surface area (TPSA) is 51.0 Å². The van der Waals surface area contributed by atoms with Crippen molar-refractivity contribution in [3.05, 3.63) is 35.2 Å². The standard InChI is InChI=1S/C18H17F3N4OS/c19-18(20,21)12-4-3-7-24(8-12)16(26)9-25-15-6-2-1-5-13(15)23-17(25)14-10-27-11-22-14/h1-2,5-6,10-12H,3-4,7-9H2/t12-/m1/s1. The van der Waals surface area contributed by atoms with E-state index in [0.29, 0.717) is 24.5 Å². The van der Waals surface area contributed by atoms with E-state index in [2.05, 4.69) is 9.97 Å². The largest absolute Gasteiger partial charge is 0.393 e. The van der Waals surface area contributed by atoms with Crippen LogP contribution in [-0.2, 0) is 11.3 Å². The zero-order valence-electron chi connectivity index (χ0n) is 14.3. The monoisotopic (exact) mass is 394 g/mol. The van der Waals surface area contributed by atoms with Crippen molar-refractivity contribution >= 4 is 28.3 Å². The van der Waals surface area contributed by atoms with Crippen LogP contribution in [0.5, 0.6) is 0 Å². The lowest BCUT2D eigenvalue weighted by Gasteiger charge is -2.34. The zero-order valence-corrected chi connectivity index (χ0v) is 15.1. The fraction of sp³-hybridized carbons (Fsp3) is 0.389. The van der Waals surface area contributed by atoms with E-state index in [4.69, 9.17) is 0 Å². The normalized spacial score (nSPS) is 18.2. The van der Waals surface area contributed by atoms with Gasteiger partial charge < -0.3 is 9.47 Å². The molecule has 9 heteroatoms. The van der Waals surface area contributed by atoms with Crippen LogP contribution in [0.2, 0.25) is 0 Å². The van der Waals surface area contributed by atoms with E-state index in [0.717, 1.165) is 11.0 Å². The first kappa shape index (κ1) is 18.0. The lowest BCUT2D eigenvalue weighted by molar-refractivity contribution is -0.188. The summed E-state index contributed by atoms with van der Waals surface area (Å²) in [5.74, 6) is -1.23. The van der Waals surface area contributed by atoms with Crippen LogP contribution in [0.1, 0.15) is 12.8 Å². The van der Waals surface area contributed by atoms with Crippen molar-refractivity contribution < 1.29 is 18.0 Å². The van der Waals surface area contributed by atoms with Crippen LogP contribution in [0.4, 0.5) is 13.2 Å². The van der Waals surface area contributed by atoms with Gasteiger partial charge in [-0.25, -0.2) is 9.97 Å². The summed E-state index contributed by atoms with van der Waals surface area (Å²) in [5, 5.41) is 1.84. The van der Waals surface area contributed by atoms with E-state index in [1.807, 2.05) is 29.6 Å². The average Bonchev–Trinajstić information content (AvgIpc) is 3.29. The van der Waals surface area contributed by atoms with E-state index in [1.165, 1.54) is 16.2 Å². The number of hydrogen-bond acceptors (Lipinski definition) is 4. The summed E-state index contributed by atoms with van der Waals surface area (Å²) in [7, 11) is 0. The molecule has 0 N–H and O–H groups in total. The second kappa shape index (κ2) is 6.95. The highest BCUT2D eigenvalue weighted by atomic mass is 32.1. The van der Waals surface area contributed by atoms with Crippen LogP contribution in [0.25, 0.3) is 22.6 Å². The van der Waals surface area contributed by atoms with Gasteiger partial charge in [0.25, 0.3) is 0 Å². The number of fused-ring (bicyclic) bond motifs is 1. The van der Waals surface area contributed by atoms with E-state index in [9.17, 15) is 18.0 Å². The number of likely N-dealkylation sites (tertiary alicyclic amines) is 1. The van der Waals surface area contributed by atoms with Crippen LogP contribution in [0.15, 0.2) is 35.2 Å². The second-order valence-corrected chi connectivity index (χ2v) is 7.32. The number of amides is 1. The number of halogens is 3. The van der Waals surface area contributed by atoms with Gasteiger partial charge in [0.15, 0.2) is 5.82 Å². The number of nitrogens with zero attached hydrogens (tertiary/aromatic N) is 4. The Morgan fingerprint density at radius 1 is 1.30 bits per heavy atom. The number of benzene rings is 1. The first-order chi connectivity index (χ1) is 12.9. The van der Waals surface area contributed by atoms with Crippen molar-refractivity contribution in [3.63, 3.8) is 0 Å². The molecular weight excluding hydrogens is 377 g/mol. The van der Waals surface area contributed by atoms with Gasteiger partial charge in [0.2, 0.25) is 5.91 Å². The molecule has 2 aromatic heterocycles. The molecule has 1 saturated heterocycles. The number of carbonyl (C=O) groups is 1. The predicted octanol–water partition coefficient (Wildman–Crippen LogP) is 3.96. The third-order valence-electron chi connectivity index (χ3n) is 4.85. The number of para-hydroxylation sites is 2. The Hall–Kier alpha value is -2.42. The zero-order chi connectivity index (χ0) is 19.0. The first-order valence-corrected chi connectivity index (χ1v) is 9.56. The lowest BCUT2D eigenvalue weighted by Crippen LogP contribution is -2.45. The van der Waals surface area contributed by atoms with E-state index < -0.39 is 12.1 Å². The lowest BCUT2D eigenvalue weighted by atomic mass is 9.97. The molecule has 142 valence electrons. The predicted molar refractivity (Wildman–Crippen MR) is 96.2 cm³/mol. The SMILES string of the molecule is O=C(Cn1c(-c2cscn2)nc2ccccc21)N1CCC[C@@H](C(F)(F)F)C1. The Bertz CT molecular complexity index is 951. The van der Waals surface area contributed by atoms with Gasteiger partial charge in [-0.15, -0.1) is 11.3 Å². The molecule has 1 atom stereocenters. The summed E-state index contributed by atoms with van der Waals surface area (Å²) in [6, 6.07) is 7.38. The Morgan fingerprint density at radius 2 is 2.11 bits per heavy atom. The molecule has 1 aliphatic rings. The number of hydrogen-bond donors (Lipinski definition) is 0. The molecule has 5 nitrogen and oxygen atoms in total. The third-order valence-corrected chi connectivity index (χ3v) is 5.43. The van der Waals surface area contributed by atoms with Crippen molar-refractivity contribution in [2.75, 3.05) is 13.1 Å². The summed E-state index contributed by atoms with van der Waals surface area (Å²) in [5.41, 5.74) is 3.81. The van der Waals surface area contributed by atoms with Crippen LogP contribution in [0.3, 0.4) is 0 Å². The van der Waals surface area contributed by atoms with E-state index in [1.54, 1.807) is 10.1 Å². The molecule has 27 heavy (non-hydrogen) atoms. The van der Waals surface area contributed by atoms with Crippen LogP contribution >= 0.6 is 11.3 Å². The van der Waals surface area contributed by atoms with E-state index in [-0.39, 0.29) is 25.4 Å². The number of thiazole rings is 1. The molecular formula is C18H17F3N4OS. The summed E-state index contributed by atoms with van der Waals surface area (Å²) in [4.78, 5) is 22.9. The van der Waals surface area contributed by atoms with Crippen molar-refractivity contribution in [3.8, 4) is 11.5 Å². The molecule has 3 aromatic rings. The Labute approximate surface area is 157 Å². The molecule has 0 saturated carbocycles. The maximum atomic E-state index is 13.1. The van der Waals surface area contributed by atoms with Crippen LogP contribution < -0.4 is 0 Å². The van der Waals surface area contributed by atoms with Crippen LogP contribution in [0, 0.1) is 5.92 Å². The van der Waals surface area contributed by atoms with Gasteiger partial charge >= 0.3 is 6.18 Å². The van der Waals surface area contributed by atoms with Crippen molar-refractivity contribution in [2.45, 2.75) is 25.6 Å². The van der Waals surface area contributed by atoms with Gasteiger partial charge in [-0.2, -0.15) is 13.2 Å². The smallest absolute Gasteiger partial charge is 0.341 e. The number of aromatic nitrogens is 3.